The van der Waals surface area contributed by atoms with Crippen LogP contribution in [-0.4, -0.2) is 55.4 Å². The van der Waals surface area contributed by atoms with Crippen molar-refractivity contribution in [3.63, 3.8) is 0 Å². The van der Waals surface area contributed by atoms with Gasteiger partial charge in [-0.3, -0.25) is 0 Å². The minimum Gasteiger partial charge on any atom is -0.493 e. The third-order valence-electron chi connectivity index (χ3n) is 7.63. The van der Waals surface area contributed by atoms with Gasteiger partial charge in [-0.1, -0.05) is 55.7 Å². The maximum atomic E-state index is 11.8. The Morgan fingerprint density at radius 3 is 2.42 bits per heavy atom. The van der Waals surface area contributed by atoms with Gasteiger partial charge in [0.15, 0.2) is 11.5 Å². The van der Waals surface area contributed by atoms with Crippen LogP contribution in [0.1, 0.15) is 62.0 Å². The highest BCUT2D eigenvalue weighted by Gasteiger charge is 2.40. The average Bonchev–Trinajstić information content (AvgIpc) is 2.87. The molecule has 1 unspecified atom stereocenters. The summed E-state index contributed by atoms with van der Waals surface area (Å²) in [4.78, 5) is 2.54. The van der Waals surface area contributed by atoms with Gasteiger partial charge >= 0.3 is 0 Å². The minimum atomic E-state index is -0.657. The standard InChI is InChI=1S/C28H40N2O3/c1-29-24-13-17-30(18-14-24)20-25(28(31)15-7-4-8-16-28)23-11-12-26(27(19-23)32-2)33-21-22-9-5-3-6-10-22/h3,5-6,9-12,19,24-25,29,31H,4,7-8,13-18,20-21H2,1-2H3. The smallest absolute Gasteiger partial charge is 0.161 e. The molecule has 1 atom stereocenters. The molecule has 1 saturated heterocycles. The van der Waals surface area contributed by atoms with Crippen LogP contribution in [0.2, 0.25) is 0 Å². The van der Waals surface area contributed by atoms with E-state index in [1.807, 2.05) is 24.3 Å². The molecule has 5 nitrogen and oxygen atoms in total. The first-order valence-corrected chi connectivity index (χ1v) is 12.6. The Hall–Kier alpha value is -2.08. The first-order valence-electron chi connectivity index (χ1n) is 12.6. The molecule has 0 bridgehead atoms. The van der Waals surface area contributed by atoms with E-state index in [1.165, 1.54) is 6.42 Å². The normalized spacial score (nSPS) is 20.3. The van der Waals surface area contributed by atoms with Gasteiger partial charge in [-0.15, -0.1) is 0 Å². The predicted molar refractivity (Wildman–Crippen MR) is 133 cm³/mol. The molecule has 0 aromatic heterocycles. The van der Waals surface area contributed by atoms with Gasteiger partial charge in [-0.2, -0.15) is 0 Å². The number of nitrogens with zero attached hydrogens (tertiary/aromatic N) is 1. The lowest BCUT2D eigenvalue weighted by molar-refractivity contribution is -0.0326. The van der Waals surface area contributed by atoms with Gasteiger partial charge in [-0.25, -0.2) is 0 Å². The van der Waals surface area contributed by atoms with Crippen molar-refractivity contribution in [2.24, 2.45) is 0 Å². The van der Waals surface area contributed by atoms with Gasteiger partial charge in [-0.05, 0) is 69.1 Å². The summed E-state index contributed by atoms with van der Waals surface area (Å²) in [5.41, 5.74) is 1.62. The number of aliphatic hydroxyl groups is 1. The quantitative estimate of drug-likeness (QED) is 0.576. The Balaban J connectivity index is 1.53. The van der Waals surface area contributed by atoms with Gasteiger partial charge in [0.2, 0.25) is 0 Å². The van der Waals surface area contributed by atoms with Crippen molar-refractivity contribution in [2.45, 2.75) is 69.1 Å². The molecule has 2 aromatic rings. The SMILES string of the molecule is CNC1CCN(CC(c2ccc(OCc3ccccc3)c(OC)c2)C2(O)CCCCC2)CC1. The number of hydrogen-bond acceptors (Lipinski definition) is 5. The van der Waals surface area contributed by atoms with Crippen molar-refractivity contribution >= 4 is 0 Å². The Bertz CT molecular complexity index is 859. The molecule has 2 aromatic carbocycles. The molecular formula is C28H40N2O3. The van der Waals surface area contributed by atoms with Crippen LogP contribution in [0.25, 0.3) is 0 Å². The van der Waals surface area contributed by atoms with E-state index in [9.17, 15) is 5.11 Å². The number of benzene rings is 2. The Labute approximate surface area is 199 Å². The van der Waals surface area contributed by atoms with Crippen LogP contribution in [0, 0.1) is 0 Å². The van der Waals surface area contributed by atoms with Gasteiger partial charge in [0.1, 0.15) is 6.61 Å². The van der Waals surface area contributed by atoms with Crippen LogP contribution in [-0.2, 0) is 6.61 Å². The van der Waals surface area contributed by atoms with Crippen molar-refractivity contribution in [3.8, 4) is 11.5 Å². The van der Waals surface area contributed by atoms with E-state index in [0.717, 1.165) is 80.8 Å². The average molecular weight is 453 g/mol. The van der Waals surface area contributed by atoms with Gasteiger partial charge < -0.3 is 24.8 Å². The summed E-state index contributed by atoms with van der Waals surface area (Å²) < 4.78 is 11.8. The Kier molecular flexibility index (Phi) is 8.29. The summed E-state index contributed by atoms with van der Waals surface area (Å²) in [7, 11) is 3.75. The fourth-order valence-corrected chi connectivity index (χ4v) is 5.52. The van der Waals surface area contributed by atoms with Crippen LogP contribution < -0.4 is 14.8 Å². The summed E-state index contributed by atoms with van der Waals surface area (Å²) in [5, 5.41) is 15.2. The predicted octanol–water partition coefficient (Wildman–Crippen LogP) is 4.74. The van der Waals surface area contributed by atoms with Crippen molar-refractivity contribution in [3.05, 3.63) is 59.7 Å². The second-order valence-electron chi connectivity index (χ2n) is 9.76. The van der Waals surface area contributed by atoms with E-state index in [0.29, 0.717) is 12.6 Å². The van der Waals surface area contributed by atoms with Crippen molar-refractivity contribution < 1.29 is 14.6 Å². The van der Waals surface area contributed by atoms with Gasteiger partial charge in [0.25, 0.3) is 0 Å². The van der Waals surface area contributed by atoms with E-state index >= 15 is 0 Å². The van der Waals surface area contributed by atoms with E-state index in [2.05, 4.69) is 41.5 Å². The van der Waals surface area contributed by atoms with Crippen LogP contribution in [0.5, 0.6) is 11.5 Å². The molecule has 4 rings (SSSR count). The number of rotatable bonds is 9. The number of hydrogen-bond donors (Lipinski definition) is 2. The summed E-state index contributed by atoms with van der Waals surface area (Å²) in [6, 6.07) is 17.0. The highest BCUT2D eigenvalue weighted by atomic mass is 16.5. The lowest BCUT2D eigenvalue weighted by Crippen LogP contribution is -2.48. The van der Waals surface area contributed by atoms with Gasteiger partial charge in [0, 0.05) is 18.5 Å². The fraction of sp³-hybridized carbons (Fsp3) is 0.571. The van der Waals surface area contributed by atoms with E-state index in [1.54, 1.807) is 7.11 Å². The monoisotopic (exact) mass is 452 g/mol. The van der Waals surface area contributed by atoms with Crippen LogP contribution in [0.15, 0.2) is 48.5 Å². The number of likely N-dealkylation sites (tertiary alicyclic amines) is 1. The third kappa shape index (κ3) is 6.08. The summed E-state index contributed by atoms with van der Waals surface area (Å²) >= 11 is 0. The molecule has 0 radical (unpaired) electrons. The maximum absolute atomic E-state index is 11.8. The molecule has 2 aliphatic rings. The lowest BCUT2D eigenvalue weighted by Gasteiger charge is -2.43. The Morgan fingerprint density at radius 1 is 1.03 bits per heavy atom. The molecule has 1 saturated carbocycles. The zero-order valence-electron chi connectivity index (χ0n) is 20.3. The molecule has 0 spiro atoms. The van der Waals surface area contributed by atoms with E-state index < -0.39 is 5.60 Å². The zero-order chi connectivity index (χ0) is 23.1. The van der Waals surface area contributed by atoms with Crippen molar-refractivity contribution in [1.29, 1.82) is 0 Å². The molecular weight excluding hydrogens is 412 g/mol. The molecule has 1 aliphatic carbocycles. The molecule has 33 heavy (non-hydrogen) atoms. The summed E-state index contributed by atoms with van der Waals surface area (Å²) in [6.45, 7) is 3.55. The van der Waals surface area contributed by atoms with Crippen LogP contribution in [0.4, 0.5) is 0 Å². The molecule has 2 N–H and O–H groups in total. The zero-order valence-corrected chi connectivity index (χ0v) is 20.3. The molecule has 5 heteroatoms. The highest BCUT2D eigenvalue weighted by Crippen LogP contribution is 2.43. The van der Waals surface area contributed by atoms with E-state index in [-0.39, 0.29) is 5.92 Å². The molecule has 1 heterocycles. The Morgan fingerprint density at radius 2 is 1.76 bits per heavy atom. The maximum Gasteiger partial charge on any atom is 0.161 e. The summed E-state index contributed by atoms with van der Waals surface area (Å²) in [5.74, 6) is 1.55. The first kappa shape index (κ1) is 24.1. The number of methoxy groups -OCH3 is 1. The number of ether oxygens (including phenoxy) is 2. The van der Waals surface area contributed by atoms with Crippen molar-refractivity contribution in [1.82, 2.24) is 10.2 Å². The van der Waals surface area contributed by atoms with Crippen LogP contribution >= 0.6 is 0 Å². The van der Waals surface area contributed by atoms with Crippen molar-refractivity contribution in [2.75, 3.05) is 33.8 Å². The summed E-state index contributed by atoms with van der Waals surface area (Å²) in [6.07, 6.45) is 7.50. The largest absolute Gasteiger partial charge is 0.493 e. The fourth-order valence-electron chi connectivity index (χ4n) is 5.52. The first-order chi connectivity index (χ1) is 16.1. The molecule has 1 aliphatic heterocycles. The number of piperidine rings is 1. The third-order valence-corrected chi connectivity index (χ3v) is 7.63. The molecule has 2 fully saturated rings. The lowest BCUT2D eigenvalue weighted by atomic mass is 9.72. The highest BCUT2D eigenvalue weighted by molar-refractivity contribution is 5.45. The molecule has 0 amide bonds. The molecule has 180 valence electrons. The van der Waals surface area contributed by atoms with Gasteiger partial charge in [0.05, 0.1) is 12.7 Å². The van der Waals surface area contributed by atoms with E-state index in [4.69, 9.17) is 9.47 Å². The number of nitrogens with one attached hydrogen (secondary N) is 1. The second kappa shape index (κ2) is 11.4. The second-order valence-corrected chi connectivity index (χ2v) is 9.76. The minimum absolute atomic E-state index is 0.0704. The van der Waals surface area contributed by atoms with Crippen LogP contribution in [0.3, 0.4) is 0 Å². The topological polar surface area (TPSA) is 54.0 Å².